The third-order valence-corrected chi connectivity index (χ3v) is 7.90. The molecule has 0 spiro atoms. The van der Waals surface area contributed by atoms with Crippen LogP contribution in [0.1, 0.15) is 53.1 Å². The average Bonchev–Trinajstić information content (AvgIpc) is 3.31. The number of amides is 1. The molecular formula is C31H34ClN3O. The Bertz CT molecular complexity index is 1250. The standard InChI is InChI=1S/C31H34ClN3O/c1-22-12-13-26(23(2)18-22)29-20-30(27-10-6-7-11-28(27)32)35(33-29)31(36)21-34-16-14-25(15-17-34)19-24-8-4-3-5-9-24/h3-13,18,25,30H,14-17,19-21H2,1-2H3/t30-/m0/s1. The molecule has 1 saturated heterocycles. The van der Waals surface area contributed by atoms with Gasteiger partial charge in [-0.3, -0.25) is 9.69 Å². The van der Waals surface area contributed by atoms with Crippen LogP contribution in [0.5, 0.6) is 0 Å². The lowest BCUT2D eigenvalue weighted by atomic mass is 9.90. The van der Waals surface area contributed by atoms with Crippen LogP contribution in [0.2, 0.25) is 5.02 Å². The molecule has 0 aliphatic carbocycles. The Labute approximate surface area is 219 Å². The van der Waals surface area contributed by atoms with Gasteiger partial charge in [-0.25, -0.2) is 5.01 Å². The summed E-state index contributed by atoms with van der Waals surface area (Å²) in [5.41, 5.74) is 6.82. The number of likely N-dealkylation sites (tertiary alicyclic amines) is 1. The molecule has 0 saturated carbocycles. The Morgan fingerprint density at radius 1 is 0.972 bits per heavy atom. The molecule has 5 rings (SSSR count). The second kappa shape index (κ2) is 11.0. The van der Waals surface area contributed by atoms with Crippen LogP contribution >= 0.6 is 11.6 Å². The van der Waals surface area contributed by atoms with E-state index in [-0.39, 0.29) is 11.9 Å². The van der Waals surface area contributed by atoms with Gasteiger partial charge in [-0.05, 0) is 74.9 Å². The summed E-state index contributed by atoms with van der Waals surface area (Å²) in [6, 6.07) is 24.8. The third-order valence-electron chi connectivity index (χ3n) is 7.56. The van der Waals surface area contributed by atoms with E-state index >= 15 is 0 Å². The second-order valence-corrected chi connectivity index (χ2v) is 10.7. The molecule has 4 nitrogen and oxygen atoms in total. The van der Waals surface area contributed by atoms with E-state index in [2.05, 4.69) is 67.3 Å². The fourth-order valence-corrected chi connectivity index (χ4v) is 5.85. The highest BCUT2D eigenvalue weighted by Gasteiger charge is 2.35. The van der Waals surface area contributed by atoms with E-state index in [1.54, 1.807) is 5.01 Å². The van der Waals surface area contributed by atoms with Gasteiger partial charge in [0.2, 0.25) is 0 Å². The van der Waals surface area contributed by atoms with Crippen molar-refractivity contribution in [2.24, 2.45) is 11.0 Å². The fraction of sp³-hybridized carbons (Fsp3) is 0.355. The molecule has 3 aromatic carbocycles. The Morgan fingerprint density at radius 3 is 2.42 bits per heavy atom. The monoisotopic (exact) mass is 499 g/mol. The van der Waals surface area contributed by atoms with Crippen LogP contribution in [0.15, 0.2) is 77.9 Å². The van der Waals surface area contributed by atoms with Crippen molar-refractivity contribution < 1.29 is 4.79 Å². The first kappa shape index (κ1) is 24.7. The number of hydrogen-bond acceptors (Lipinski definition) is 3. The number of piperidine rings is 1. The minimum Gasteiger partial charge on any atom is -0.294 e. The first-order chi connectivity index (χ1) is 17.5. The molecule has 2 aliphatic rings. The zero-order valence-electron chi connectivity index (χ0n) is 21.2. The van der Waals surface area contributed by atoms with Gasteiger partial charge >= 0.3 is 0 Å². The molecule has 0 radical (unpaired) electrons. The van der Waals surface area contributed by atoms with Crippen LogP contribution < -0.4 is 0 Å². The predicted octanol–water partition coefficient (Wildman–Crippen LogP) is 6.59. The van der Waals surface area contributed by atoms with E-state index in [9.17, 15) is 4.79 Å². The Morgan fingerprint density at radius 2 is 1.69 bits per heavy atom. The summed E-state index contributed by atoms with van der Waals surface area (Å²) in [5.74, 6) is 0.719. The van der Waals surface area contributed by atoms with E-state index in [1.807, 2.05) is 24.3 Å². The van der Waals surface area contributed by atoms with Gasteiger partial charge in [-0.2, -0.15) is 5.10 Å². The van der Waals surface area contributed by atoms with Crippen molar-refractivity contribution >= 4 is 23.2 Å². The summed E-state index contributed by atoms with van der Waals surface area (Å²) in [5, 5.41) is 7.28. The van der Waals surface area contributed by atoms with Crippen LogP contribution in [0.25, 0.3) is 0 Å². The molecule has 1 fully saturated rings. The molecule has 1 amide bonds. The fourth-order valence-electron chi connectivity index (χ4n) is 5.59. The lowest BCUT2D eigenvalue weighted by Gasteiger charge is -2.33. The number of carbonyl (C=O) groups excluding carboxylic acids is 1. The van der Waals surface area contributed by atoms with Gasteiger partial charge < -0.3 is 0 Å². The Balaban J connectivity index is 1.30. The molecule has 1 atom stereocenters. The number of aryl methyl sites for hydroxylation is 2. The van der Waals surface area contributed by atoms with E-state index in [1.165, 1.54) is 16.7 Å². The number of halogens is 1. The normalized spacial score (nSPS) is 18.9. The molecule has 0 N–H and O–H groups in total. The predicted molar refractivity (Wildman–Crippen MR) is 147 cm³/mol. The molecule has 2 aliphatic heterocycles. The van der Waals surface area contributed by atoms with Crippen molar-refractivity contribution in [1.82, 2.24) is 9.91 Å². The SMILES string of the molecule is Cc1ccc(C2=NN(C(=O)CN3CCC(Cc4ccccc4)CC3)[C@H](c3ccccc3Cl)C2)c(C)c1. The van der Waals surface area contributed by atoms with Gasteiger partial charge in [-0.15, -0.1) is 0 Å². The molecular weight excluding hydrogens is 466 g/mol. The average molecular weight is 500 g/mol. The van der Waals surface area contributed by atoms with Crippen LogP contribution in [0.4, 0.5) is 0 Å². The molecule has 0 unspecified atom stereocenters. The Kier molecular flexibility index (Phi) is 7.54. The maximum absolute atomic E-state index is 13.6. The molecule has 3 aromatic rings. The summed E-state index contributed by atoms with van der Waals surface area (Å²) in [4.78, 5) is 15.9. The second-order valence-electron chi connectivity index (χ2n) is 10.3. The molecule has 0 bridgehead atoms. The highest BCUT2D eigenvalue weighted by atomic mass is 35.5. The number of hydrogen-bond donors (Lipinski definition) is 0. The van der Waals surface area contributed by atoms with Crippen molar-refractivity contribution in [3.05, 3.63) is 106 Å². The molecule has 0 aromatic heterocycles. The van der Waals surface area contributed by atoms with Gasteiger partial charge in [0, 0.05) is 17.0 Å². The van der Waals surface area contributed by atoms with E-state index < -0.39 is 0 Å². The number of rotatable bonds is 6. The van der Waals surface area contributed by atoms with Crippen molar-refractivity contribution in [3.8, 4) is 0 Å². The van der Waals surface area contributed by atoms with Crippen LogP contribution in [-0.2, 0) is 11.2 Å². The maximum Gasteiger partial charge on any atom is 0.257 e. The highest BCUT2D eigenvalue weighted by molar-refractivity contribution is 6.31. The lowest BCUT2D eigenvalue weighted by Crippen LogP contribution is -2.42. The summed E-state index contributed by atoms with van der Waals surface area (Å²) < 4.78 is 0. The van der Waals surface area contributed by atoms with Gasteiger partial charge in [0.05, 0.1) is 18.3 Å². The summed E-state index contributed by atoms with van der Waals surface area (Å²) in [7, 11) is 0. The van der Waals surface area contributed by atoms with Gasteiger partial charge in [0.25, 0.3) is 5.91 Å². The first-order valence-corrected chi connectivity index (χ1v) is 13.3. The first-order valence-electron chi connectivity index (χ1n) is 13.0. The van der Waals surface area contributed by atoms with Crippen molar-refractivity contribution in [3.63, 3.8) is 0 Å². The third kappa shape index (κ3) is 5.55. The maximum atomic E-state index is 13.6. The van der Waals surface area contributed by atoms with Crippen LogP contribution in [-0.4, -0.2) is 41.2 Å². The number of hydrazone groups is 1. The van der Waals surface area contributed by atoms with E-state index in [0.29, 0.717) is 23.9 Å². The molecule has 5 heteroatoms. The number of nitrogens with zero attached hydrogens (tertiary/aromatic N) is 3. The Hall–Kier alpha value is -2.95. The van der Waals surface area contributed by atoms with Crippen molar-refractivity contribution in [2.75, 3.05) is 19.6 Å². The van der Waals surface area contributed by atoms with Gasteiger partial charge in [-0.1, -0.05) is 83.9 Å². The van der Waals surface area contributed by atoms with Gasteiger partial charge in [0.1, 0.15) is 0 Å². The van der Waals surface area contributed by atoms with E-state index in [0.717, 1.165) is 49.2 Å². The summed E-state index contributed by atoms with van der Waals surface area (Å²) in [6.45, 7) is 6.49. The van der Waals surface area contributed by atoms with Gasteiger partial charge in [0.15, 0.2) is 0 Å². The topological polar surface area (TPSA) is 35.9 Å². The highest BCUT2D eigenvalue weighted by Crippen LogP contribution is 2.37. The largest absolute Gasteiger partial charge is 0.294 e. The van der Waals surface area contributed by atoms with Crippen molar-refractivity contribution in [2.45, 2.75) is 45.6 Å². The molecule has 36 heavy (non-hydrogen) atoms. The molecule has 186 valence electrons. The minimum absolute atomic E-state index is 0.0428. The lowest BCUT2D eigenvalue weighted by molar-refractivity contribution is -0.134. The zero-order chi connectivity index (χ0) is 25.1. The molecule has 2 heterocycles. The smallest absolute Gasteiger partial charge is 0.257 e. The van der Waals surface area contributed by atoms with E-state index in [4.69, 9.17) is 16.7 Å². The quantitative estimate of drug-likeness (QED) is 0.383. The number of carbonyl (C=O) groups is 1. The van der Waals surface area contributed by atoms with Crippen molar-refractivity contribution in [1.29, 1.82) is 0 Å². The summed E-state index contributed by atoms with van der Waals surface area (Å²) >= 11 is 6.60. The minimum atomic E-state index is -0.183. The van der Waals surface area contributed by atoms with Crippen LogP contribution in [0.3, 0.4) is 0 Å². The number of benzene rings is 3. The van der Waals surface area contributed by atoms with Crippen LogP contribution in [0, 0.1) is 19.8 Å². The zero-order valence-corrected chi connectivity index (χ0v) is 21.9. The summed E-state index contributed by atoms with van der Waals surface area (Å²) in [6.07, 6.45) is 4.02.